The molecular weight excluding hydrogens is 218 g/mol. The number of benzene rings is 1. The van der Waals surface area contributed by atoms with Gasteiger partial charge < -0.3 is 15.4 Å². The second kappa shape index (κ2) is 4.29. The minimum atomic E-state index is -1.06. The summed E-state index contributed by atoms with van der Waals surface area (Å²) in [4.78, 5) is 15.1. The zero-order valence-electron chi connectivity index (χ0n) is 9.42. The van der Waals surface area contributed by atoms with Gasteiger partial charge in [-0.25, -0.2) is 9.78 Å². The summed E-state index contributed by atoms with van der Waals surface area (Å²) in [6.07, 6.45) is 0. The first-order valence-corrected chi connectivity index (χ1v) is 5.19. The smallest absolute Gasteiger partial charge is 0.356 e. The highest BCUT2D eigenvalue weighted by Crippen LogP contribution is 2.15. The lowest BCUT2D eigenvalue weighted by atomic mass is 10.2. The molecule has 0 fully saturated rings. The van der Waals surface area contributed by atoms with Crippen molar-refractivity contribution in [1.29, 1.82) is 0 Å². The molecule has 2 rings (SSSR count). The quantitative estimate of drug-likeness (QED) is 0.839. The van der Waals surface area contributed by atoms with Crippen molar-refractivity contribution in [3.05, 3.63) is 47.4 Å². The van der Waals surface area contributed by atoms with Gasteiger partial charge in [0.1, 0.15) is 5.82 Å². The summed E-state index contributed by atoms with van der Waals surface area (Å²) < 4.78 is 1.60. The highest BCUT2D eigenvalue weighted by Gasteiger charge is 2.18. The Kier molecular flexibility index (Phi) is 2.82. The maximum atomic E-state index is 11.1. The van der Waals surface area contributed by atoms with Crippen LogP contribution in [-0.2, 0) is 6.54 Å². The molecule has 0 unspecified atom stereocenters. The summed E-state index contributed by atoms with van der Waals surface area (Å²) in [5.41, 5.74) is 6.64. The van der Waals surface area contributed by atoms with Gasteiger partial charge in [0.05, 0.1) is 0 Å². The standard InChI is InChI=1S/C12H13N3O2/c1-8-14-11(13)10(12(16)17)15(8)7-9-5-3-2-4-6-9/h2-6H,7,13H2,1H3,(H,16,17). The maximum absolute atomic E-state index is 11.1. The second-order valence-electron chi connectivity index (χ2n) is 3.77. The van der Waals surface area contributed by atoms with Crippen LogP contribution in [0.5, 0.6) is 0 Å². The maximum Gasteiger partial charge on any atom is 0.356 e. The Balaban J connectivity index is 2.42. The third kappa shape index (κ3) is 2.13. The molecule has 0 aliphatic heterocycles. The van der Waals surface area contributed by atoms with E-state index in [0.717, 1.165) is 5.56 Å². The normalized spacial score (nSPS) is 10.4. The molecule has 17 heavy (non-hydrogen) atoms. The van der Waals surface area contributed by atoms with E-state index in [2.05, 4.69) is 4.98 Å². The van der Waals surface area contributed by atoms with E-state index in [-0.39, 0.29) is 11.5 Å². The van der Waals surface area contributed by atoms with Crippen molar-refractivity contribution >= 4 is 11.8 Å². The van der Waals surface area contributed by atoms with Crippen LogP contribution < -0.4 is 5.73 Å². The number of carbonyl (C=O) groups is 1. The van der Waals surface area contributed by atoms with Gasteiger partial charge in [0, 0.05) is 6.54 Å². The molecule has 5 nitrogen and oxygen atoms in total. The summed E-state index contributed by atoms with van der Waals surface area (Å²) in [6.45, 7) is 2.20. The van der Waals surface area contributed by atoms with Crippen LogP contribution in [0, 0.1) is 6.92 Å². The van der Waals surface area contributed by atoms with Crippen LogP contribution in [0.2, 0.25) is 0 Å². The number of nitrogens with zero attached hydrogens (tertiary/aromatic N) is 2. The SMILES string of the molecule is Cc1nc(N)c(C(=O)O)n1Cc1ccccc1. The number of aromatic carboxylic acids is 1. The van der Waals surface area contributed by atoms with Crippen LogP contribution >= 0.6 is 0 Å². The minimum Gasteiger partial charge on any atom is -0.476 e. The summed E-state index contributed by atoms with van der Waals surface area (Å²) in [7, 11) is 0. The van der Waals surface area contributed by atoms with Crippen molar-refractivity contribution in [3.8, 4) is 0 Å². The molecule has 1 aromatic carbocycles. The molecule has 0 saturated carbocycles. The summed E-state index contributed by atoms with van der Waals surface area (Å²) >= 11 is 0. The third-order valence-electron chi connectivity index (χ3n) is 2.57. The Bertz CT molecular complexity index is 546. The van der Waals surface area contributed by atoms with E-state index in [0.29, 0.717) is 12.4 Å². The fraction of sp³-hybridized carbons (Fsp3) is 0.167. The second-order valence-corrected chi connectivity index (χ2v) is 3.77. The number of hydrogen-bond donors (Lipinski definition) is 2. The number of imidazole rings is 1. The fourth-order valence-electron chi connectivity index (χ4n) is 1.77. The van der Waals surface area contributed by atoms with E-state index in [9.17, 15) is 4.79 Å². The van der Waals surface area contributed by atoms with Gasteiger partial charge in [0.25, 0.3) is 0 Å². The molecule has 0 atom stereocenters. The first kappa shape index (κ1) is 11.2. The Morgan fingerprint density at radius 2 is 2.06 bits per heavy atom. The van der Waals surface area contributed by atoms with E-state index in [1.54, 1.807) is 11.5 Å². The van der Waals surface area contributed by atoms with Crippen LogP contribution in [0.4, 0.5) is 5.82 Å². The lowest BCUT2D eigenvalue weighted by molar-refractivity contribution is 0.0686. The summed E-state index contributed by atoms with van der Waals surface area (Å²) in [5, 5.41) is 9.10. The number of hydrogen-bond acceptors (Lipinski definition) is 3. The van der Waals surface area contributed by atoms with Gasteiger partial charge in [-0.15, -0.1) is 0 Å². The molecule has 5 heteroatoms. The molecule has 0 saturated heterocycles. The molecule has 0 bridgehead atoms. The fourth-order valence-corrected chi connectivity index (χ4v) is 1.77. The molecule has 3 N–H and O–H groups in total. The van der Waals surface area contributed by atoms with Crippen LogP contribution in [0.1, 0.15) is 21.9 Å². The van der Waals surface area contributed by atoms with Crippen molar-refractivity contribution in [3.63, 3.8) is 0 Å². The number of carboxylic acid groups (broad SMARTS) is 1. The van der Waals surface area contributed by atoms with Gasteiger partial charge in [-0.1, -0.05) is 30.3 Å². The first-order valence-electron chi connectivity index (χ1n) is 5.19. The zero-order chi connectivity index (χ0) is 12.4. The van der Waals surface area contributed by atoms with Crippen molar-refractivity contribution in [2.75, 3.05) is 5.73 Å². The van der Waals surface area contributed by atoms with Gasteiger partial charge in [0.2, 0.25) is 0 Å². The predicted molar refractivity (Wildman–Crippen MR) is 63.9 cm³/mol. The molecule has 1 heterocycles. The first-order chi connectivity index (χ1) is 8.09. The minimum absolute atomic E-state index is 0.0475. The van der Waals surface area contributed by atoms with Crippen LogP contribution in [-0.4, -0.2) is 20.6 Å². The molecule has 0 aliphatic carbocycles. The third-order valence-corrected chi connectivity index (χ3v) is 2.57. The number of anilines is 1. The molecule has 1 aromatic heterocycles. The van der Waals surface area contributed by atoms with Crippen LogP contribution in [0.25, 0.3) is 0 Å². The topological polar surface area (TPSA) is 81.1 Å². The van der Waals surface area contributed by atoms with Crippen LogP contribution in [0.15, 0.2) is 30.3 Å². The van der Waals surface area contributed by atoms with Gasteiger partial charge in [0.15, 0.2) is 11.5 Å². The molecule has 88 valence electrons. The Hall–Kier alpha value is -2.30. The number of nitrogen functional groups attached to an aromatic ring is 1. The lowest BCUT2D eigenvalue weighted by Gasteiger charge is -2.07. The number of nitrogens with two attached hydrogens (primary N) is 1. The molecule has 0 spiro atoms. The van der Waals surface area contributed by atoms with E-state index < -0.39 is 5.97 Å². The monoisotopic (exact) mass is 231 g/mol. The van der Waals surface area contributed by atoms with E-state index >= 15 is 0 Å². The Labute approximate surface area is 98.5 Å². The number of aryl methyl sites for hydroxylation is 1. The van der Waals surface area contributed by atoms with Crippen molar-refractivity contribution in [2.24, 2.45) is 0 Å². The number of rotatable bonds is 3. The van der Waals surface area contributed by atoms with E-state index in [1.807, 2.05) is 30.3 Å². The van der Waals surface area contributed by atoms with Crippen molar-refractivity contribution in [2.45, 2.75) is 13.5 Å². The largest absolute Gasteiger partial charge is 0.476 e. The van der Waals surface area contributed by atoms with Gasteiger partial charge in [-0.3, -0.25) is 0 Å². The zero-order valence-corrected chi connectivity index (χ0v) is 9.42. The van der Waals surface area contributed by atoms with Gasteiger partial charge in [-0.05, 0) is 12.5 Å². The average Bonchev–Trinajstić information content (AvgIpc) is 2.55. The summed E-state index contributed by atoms with van der Waals surface area (Å²) in [6, 6.07) is 9.59. The van der Waals surface area contributed by atoms with E-state index in [4.69, 9.17) is 10.8 Å². The Morgan fingerprint density at radius 1 is 1.41 bits per heavy atom. The average molecular weight is 231 g/mol. The molecular formula is C12H13N3O2. The Morgan fingerprint density at radius 3 is 2.65 bits per heavy atom. The number of carboxylic acids is 1. The van der Waals surface area contributed by atoms with Gasteiger partial charge >= 0.3 is 5.97 Å². The summed E-state index contributed by atoms with van der Waals surface area (Å²) in [5.74, 6) is -0.395. The highest BCUT2D eigenvalue weighted by atomic mass is 16.4. The van der Waals surface area contributed by atoms with Crippen LogP contribution in [0.3, 0.4) is 0 Å². The predicted octanol–water partition coefficient (Wildman–Crippen LogP) is 1.52. The molecule has 0 amide bonds. The molecule has 0 radical (unpaired) electrons. The van der Waals surface area contributed by atoms with Crippen molar-refractivity contribution in [1.82, 2.24) is 9.55 Å². The molecule has 0 aliphatic rings. The number of aromatic nitrogens is 2. The van der Waals surface area contributed by atoms with Crippen molar-refractivity contribution < 1.29 is 9.90 Å². The molecule has 2 aromatic rings. The lowest BCUT2D eigenvalue weighted by Crippen LogP contribution is -2.12. The van der Waals surface area contributed by atoms with Gasteiger partial charge in [-0.2, -0.15) is 0 Å². The highest BCUT2D eigenvalue weighted by molar-refractivity contribution is 5.91. The van der Waals surface area contributed by atoms with E-state index in [1.165, 1.54) is 0 Å².